The van der Waals surface area contributed by atoms with Gasteiger partial charge in [0.1, 0.15) is 5.82 Å². The topological polar surface area (TPSA) is 60.3 Å². The normalized spacial score (nSPS) is 11.0. The molecular formula is C20H23FN2O2. The maximum absolute atomic E-state index is 14.3. The van der Waals surface area contributed by atoms with Gasteiger partial charge in [-0.1, -0.05) is 12.1 Å². The van der Waals surface area contributed by atoms with Crippen LogP contribution in [-0.2, 0) is 6.42 Å². The highest BCUT2D eigenvalue weighted by molar-refractivity contribution is 5.91. The van der Waals surface area contributed by atoms with E-state index in [2.05, 4.69) is 4.98 Å². The summed E-state index contributed by atoms with van der Waals surface area (Å²) in [5.41, 5.74) is 9.12. The second-order valence-corrected chi connectivity index (χ2v) is 5.96. The number of para-hydroxylation sites is 1. The lowest BCUT2D eigenvalue weighted by molar-refractivity contribution is 0.355. The minimum Gasteiger partial charge on any atom is -0.493 e. The molecule has 0 atom stereocenters. The molecule has 0 aliphatic rings. The Bertz CT molecular complexity index is 874. The molecule has 0 spiro atoms. The first kappa shape index (κ1) is 17.3. The first-order valence-electron chi connectivity index (χ1n) is 8.41. The molecule has 1 aromatic heterocycles. The second kappa shape index (κ2) is 7.57. The van der Waals surface area contributed by atoms with E-state index in [0.29, 0.717) is 23.6 Å². The Balaban J connectivity index is 2.14. The lowest BCUT2D eigenvalue weighted by atomic mass is 10.00. The summed E-state index contributed by atoms with van der Waals surface area (Å²) in [7, 11) is 3.21. The van der Waals surface area contributed by atoms with Gasteiger partial charge < -0.3 is 20.2 Å². The number of halogens is 1. The number of unbranched alkanes of at least 4 members (excludes halogenated alkanes) is 1. The first-order valence-corrected chi connectivity index (χ1v) is 8.41. The smallest absolute Gasteiger partial charge is 0.161 e. The fourth-order valence-electron chi connectivity index (χ4n) is 3.18. The highest BCUT2D eigenvalue weighted by atomic mass is 19.1. The Morgan fingerprint density at radius 3 is 2.56 bits per heavy atom. The molecule has 1 heterocycles. The van der Waals surface area contributed by atoms with Crippen molar-refractivity contribution >= 4 is 10.9 Å². The number of benzene rings is 2. The molecule has 0 saturated heterocycles. The maximum atomic E-state index is 14.3. The number of aromatic amines is 1. The van der Waals surface area contributed by atoms with Gasteiger partial charge in [-0.3, -0.25) is 0 Å². The van der Waals surface area contributed by atoms with Gasteiger partial charge in [-0.25, -0.2) is 4.39 Å². The largest absolute Gasteiger partial charge is 0.493 e. The molecule has 3 N–H and O–H groups in total. The minimum absolute atomic E-state index is 0.246. The lowest BCUT2D eigenvalue weighted by Gasteiger charge is -2.10. The van der Waals surface area contributed by atoms with E-state index in [1.807, 2.05) is 24.3 Å². The molecule has 5 heteroatoms. The van der Waals surface area contributed by atoms with Gasteiger partial charge in [-0.05, 0) is 55.6 Å². The standard InChI is InChI=1S/C20H23FN2O2/c1-24-17-10-9-13(12-18(17)25-2)19-14(6-3-4-11-22)15-7-5-8-16(21)20(15)23-19/h5,7-10,12,23H,3-4,6,11,22H2,1-2H3. The van der Waals surface area contributed by atoms with E-state index in [1.165, 1.54) is 6.07 Å². The quantitative estimate of drug-likeness (QED) is 0.630. The van der Waals surface area contributed by atoms with Gasteiger partial charge in [0.25, 0.3) is 0 Å². The maximum Gasteiger partial charge on any atom is 0.161 e. The molecule has 25 heavy (non-hydrogen) atoms. The molecular weight excluding hydrogens is 319 g/mol. The van der Waals surface area contributed by atoms with Crippen molar-refractivity contribution < 1.29 is 13.9 Å². The zero-order chi connectivity index (χ0) is 17.8. The Morgan fingerprint density at radius 1 is 1.04 bits per heavy atom. The van der Waals surface area contributed by atoms with Crippen LogP contribution >= 0.6 is 0 Å². The van der Waals surface area contributed by atoms with Crippen LogP contribution in [0.25, 0.3) is 22.2 Å². The van der Waals surface area contributed by atoms with Crippen molar-refractivity contribution in [2.75, 3.05) is 20.8 Å². The van der Waals surface area contributed by atoms with Crippen molar-refractivity contribution in [1.82, 2.24) is 4.98 Å². The summed E-state index contributed by atoms with van der Waals surface area (Å²) in [6.07, 6.45) is 2.73. The highest BCUT2D eigenvalue weighted by Gasteiger charge is 2.16. The number of rotatable bonds is 7. The van der Waals surface area contributed by atoms with Crippen molar-refractivity contribution in [1.29, 1.82) is 0 Å². The number of hydrogen-bond donors (Lipinski definition) is 2. The van der Waals surface area contributed by atoms with Gasteiger partial charge in [-0.15, -0.1) is 0 Å². The molecule has 4 nitrogen and oxygen atoms in total. The fraction of sp³-hybridized carbons (Fsp3) is 0.300. The van der Waals surface area contributed by atoms with Gasteiger partial charge in [0.15, 0.2) is 11.5 Å². The van der Waals surface area contributed by atoms with Gasteiger partial charge in [-0.2, -0.15) is 0 Å². The average Bonchev–Trinajstić information content (AvgIpc) is 3.01. The van der Waals surface area contributed by atoms with Crippen LogP contribution in [0.3, 0.4) is 0 Å². The van der Waals surface area contributed by atoms with E-state index in [4.69, 9.17) is 15.2 Å². The van der Waals surface area contributed by atoms with Gasteiger partial charge in [0.2, 0.25) is 0 Å². The predicted octanol–water partition coefficient (Wildman–Crippen LogP) is 4.27. The van der Waals surface area contributed by atoms with E-state index < -0.39 is 0 Å². The minimum atomic E-state index is -0.246. The molecule has 0 unspecified atom stereocenters. The summed E-state index contributed by atoms with van der Waals surface area (Å²) < 4.78 is 25.0. The third kappa shape index (κ3) is 3.33. The van der Waals surface area contributed by atoms with E-state index in [1.54, 1.807) is 20.3 Å². The summed E-state index contributed by atoms with van der Waals surface area (Å²) in [5, 5.41) is 0.918. The molecule has 0 fully saturated rings. The number of hydrogen-bond acceptors (Lipinski definition) is 3. The summed E-state index contributed by atoms with van der Waals surface area (Å²) >= 11 is 0. The van der Waals surface area contributed by atoms with Crippen molar-refractivity contribution in [2.45, 2.75) is 19.3 Å². The van der Waals surface area contributed by atoms with Crippen LogP contribution in [0.5, 0.6) is 11.5 Å². The number of nitrogens with two attached hydrogens (primary N) is 1. The molecule has 0 radical (unpaired) electrons. The molecule has 0 aliphatic heterocycles. The van der Waals surface area contributed by atoms with Crippen LogP contribution in [-0.4, -0.2) is 25.7 Å². The monoisotopic (exact) mass is 342 g/mol. The number of ether oxygens (including phenoxy) is 2. The van der Waals surface area contributed by atoms with Crippen LogP contribution in [0.4, 0.5) is 4.39 Å². The third-order valence-corrected chi connectivity index (χ3v) is 4.44. The van der Waals surface area contributed by atoms with Crippen molar-refractivity contribution in [3.63, 3.8) is 0 Å². The molecule has 3 rings (SSSR count). The van der Waals surface area contributed by atoms with E-state index in [-0.39, 0.29) is 5.82 Å². The number of H-pyrrole nitrogens is 1. The SMILES string of the molecule is COc1ccc(-c2[nH]c3c(F)cccc3c2CCCCN)cc1OC. The van der Waals surface area contributed by atoms with Crippen molar-refractivity contribution in [3.05, 3.63) is 47.8 Å². The van der Waals surface area contributed by atoms with Crippen LogP contribution in [0.1, 0.15) is 18.4 Å². The predicted molar refractivity (Wildman–Crippen MR) is 98.8 cm³/mol. The first-order chi connectivity index (χ1) is 12.2. The summed E-state index contributed by atoms with van der Waals surface area (Å²) in [6.45, 7) is 0.655. The van der Waals surface area contributed by atoms with Crippen LogP contribution in [0.2, 0.25) is 0 Å². The van der Waals surface area contributed by atoms with E-state index >= 15 is 0 Å². The van der Waals surface area contributed by atoms with Crippen molar-refractivity contribution in [3.8, 4) is 22.8 Å². The fourth-order valence-corrected chi connectivity index (χ4v) is 3.18. The summed E-state index contributed by atoms with van der Waals surface area (Å²) in [5.74, 6) is 1.06. The second-order valence-electron chi connectivity index (χ2n) is 5.96. The Morgan fingerprint density at radius 2 is 1.84 bits per heavy atom. The van der Waals surface area contributed by atoms with Gasteiger partial charge >= 0.3 is 0 Å². The Labute approximate surface area is 146 Å². The average molecular weight is 342 g/mol. The molecule has 3 aromatic rings. The molecule has 132 valence electrons. The van der Waals surface area contributed by atoms with Gasteiger partial charge in [0, 0.05) is 16.6 Å². The van der Waals surface area contributed by atoms with Crippen molar-refractivity contribution in [2.24, 2.45) is 5.73 Å². The Kier molecular flexibility index (Phi) is 5.24. The summed E-state index contributed by atoms with van der Waals surface area (Å²) in [6, 6.07) is 10.9. The molecule has 0 aliphatic carbocycles. The zero-order valence-electron chi connectivity index (χ0n) is 14.6. The lowest BCUT2D eigenvalue weighted by Crippen LogP contribution is -1.99. The van der Waals surface area contributed by atoms with E-state index in [0.717, 1.165) is 41.5 Å². The number of nitrogens with one attached hydrogen (secondary N) is 1. The van der Waals surface area contributed by atoms with Gasteiger partial charge in [0.05, 0.1) is 19.7 Å². The molecule has 0 saturated carbocycles. The number of aryl methyl sites for hydroxylation is 1. The number of fused-ring (bicyclic) bond motifs is 1. The number of aromatic nitrogens is 1. The summed E-state index contributed by atoms with van der Waals surface area (Å²) in [4.78, 5) is 3.26. The highest BCUT2D eigenvalue weighted by Crippen LogP contribution is 2.37. The van der Waals surface area contributed by atoms with Crippen LogP contribution in [0, 0.1) is 5.82 Å². The molecule has 0 amide bonds. The Hall–Kier alpha value is -2.53. The van der Waals surface area contributed by atoms with Crippen LogP contribution < -0.4 is 15.2 Å². The van der Waals surface area contributed by atoms with E-state index in [9.17, 15) is 4.39 Å². The zero-order valence-corrected chi connectivity index (χ0v) is 14.6. The molecule has 0 bridgehead atoms. The van der Waals surface area contributed by atoms with Crippen LogP contribution in [0.15, 0.2) is 36.4 Å². The number of methoxy groups -OCH3 is 2. The third-order valence-electron chi connectivity index (χ3n) is 4.44. The molecule has 2 aromatic carbocycles.